The van der Waals surface area contributed by atoms with E-state index in [1.807, 2.05) is 42.5 Å². The number of benzene rings is 2. The first-order valence-corrected chi connectivity index (χ1v) is 11.2. The fourth-order valence-electron chi connectivity index (χ4n) is 6.37. The molecule has 2 aromatic rings. The van der Waals surface area contributed by atoms with Crippen molar-refractivity contribution in [3.8, 4) is 11.5 Å². The number of rotatable bonds is 4. The van der Waals surface area contributed by atoms with Gasteiger partial charge in [-0.3, -0.25) is 4.79 Å². The Hall–Kier alpha value is -2.63. The van der Waals surface area contributed by atoms with Crippen molar-refractivity contribution in [1.82, 2.24) is 4.90 Å². The number of likely N-dealkylation sites (tertiary alicyclic amines) is 1. The fourth-order valence-corrected chi connectivity index (χ4v) is 6.37. The predicted molar refractivity (Wildman–Crippen MR) is 116 cm³/mol. The van der Waals surface area contributed by atoms with E-state index in [4.69, 9.17) is 9.47 Å². The van der Waals surface area contributed by atoms with Crippen molar-refractivity contribution in [3.63, 3.8) is 0 Å². The summed E-state index contributed by atoms with van der Waals surface area (Å²) in [5, 5.41) is 10.8. The summed E-state index contributed by atoms with van der Waals surface area (Å²) >= 11 is 0. The number of aliphatic hydroxyl groups excluding tert-OH is 1. The molecule has 2 aromatic carbocycles. The molecule has 0 radical (unpaired) electrons. The lowest BCUT2D eigenvalue weighted by Gasteiger charge is -2.56. The van der Waals surface area contributed by atoms with E-state index in [0.29, 0.717) is 36.3 Å². The average molecular weight is 418 g/mol. The van der Waals surface area contributed by atoms with E-state index in [1.165, 1.54) is 11.1 Å². The molecule has 5 atom stereocenters. The molecule has 2 aliphatic heterocycles. The lowest BCUT2D eigenvalue weighted by atomic mass is 9.53. The zero-order valence-corrected chi connectivity index (χ0v) is 17.7. The molecule has 0 amide bonds. The van der Waals surface area contributed by atoms with E-state index >= 15 is 0 Å². The van der Waals surface area contributed by atoms with Gasteiger partial charge in [-0.15, -0.1) is 0 Å². The minimum absolute atomic E-state index is 0.235. The molecular weight excluding hydrogens is 390 g/mol. The highest BCUT2D eigenvalue weighted by molar-refractivity contribution is 5.75. The van der Waals surface area contributed by atoms with Crippen LogP contribution < -0.4 is 9.47 Å². The summed E-state index contributed by atoms with van der Waals surface area (Å²) in [5.41, 5.74) is 3.31. The number of aryl methyl sites for hydroxylation is 1. The van der Waals surface area contributed by atoms with Gasteiger partial charge >= 0.3 is 5.97 Å². The number of hydrogen-bond donors (Lipinski definition) is 1. The van der Waals surface area contributed by atoms with Crippen molar-refractivity contribution in [2.24, 2.45) is 5.92 Å². The van der Waals surface area contributed by atoms with Crippen molar-refractivity contribution in [2.75, 3.05) is 13.6 Å². The van der Waals surface area contributed by atoms with Crippen LogP contribution in [0, 0.1) is 5.92 Å². The molecule has 1 saturated heterocycles. The highest BCUT2D eigenvalue weighted by atomic mass is 16.6. The molecule has 1 spiro atoms. The monoisotopic (exact) mass is 417 g/mol. The van der Waals surface area contributed by atoms with Crippen LogP contribution in [0.1, 0.15) is 29.5 Å². The zero-order valence-electron chi connectivity index (χ0n) is 17.7. The molecular formula is C26H27NO4. The lowest BCUT2D eigenvalue weighted by molar-refractivity contribution is -0.134. The van der Waals surface area contributed by atoms with Gasteiger partial charge < -0.3 is 19.5 Å². The Labute approximate surface area is 182 Å². The molecule has 6 rings (SSSR count). The zero-order chi connectivity index (χ0) is 21.2. The van der Waals surface area contributed by atoms with Gasteiger partial charge in [0.15, 0.2) is 11.5 Å². The van der Waals surface area contributed by atoms with Crippen LogP contribution in [0.15, 0.2) is 54.6 Å². The molecule has 1 N–H and O–H groups in total. The van der Waals surface area contributed by atoms with Gasteiger partial charge in [-0.05, 0) is 50.0 Å². The SMILES string of the molecule is CN1CC[C@]23c4c5ccc(OC(=O)CCc6ccccc6)c4O[C@H]2[C@@H](O)C=C[C@H]3[C@H]1C5. The highest BCUT2D eigenvalue weighted by Crippen LogP contribution is 2.62. The second kappa shape index (κ2) is 6.94. The van der Waals surface area contributed by atoms with Crippen molar-refractivity contribution in [3.05, 3.63) is 71.3 Å². The van der Waals surface area contributed by atoms with Crippen LogP contribution in [0.25, 0.3) is 0 Å². The van der Waals surface area contributed by atoms with Gasteiger partial charge in [-0.2, -0.15) is 0 Å². The maximum Gasteiger partial charge on any atom is 0.311 e. The van der Waals surface area contributed by atoms with Gasteiger partial charge in [0, 0.05) is 29.4 Å². The Morgan fingerprint density at radius 3 is 2.90 bits per heavy atom. The van der Waals surface area contributed by atoms with Crippen LogP contribution in [0.5, 0.6) is 11.5 Å². The topological polar surface area (TPSA) is 59.0 Å². The smallest absolute Gasteiger partial charge is 0.311 e. The molecule has 5 nitrogen and oxygen atoms in total. The second-order valence-electron chi connectivity index (χ2n) is 9.37. The number of carbonyl (C=O) groups is 1. The molecule has 5 heteroatoms. The summed E-state index contributed by atoms with van der Waals surface area (Å²) in [6.45, 7) is 0.974. The van der Waals surface area contributed by atoms with Crippen molar-refractivity contribution in [2.45, 2.75) is 49.3 Å². The quantitative estimate of drug-likeness (QED) is 0.471. The third-order valence-electron chi connectivity index (χ3n) is 7.82. The molecule has 160 valence electrons. The Morgan fingerprint density at radius 2 is 2.06 bits per heavy atom. The third kappa shape index (κ3) is 2.73. The fraction of sp³-hybridized carbons (Fsp3) is 0.423. The van der Waals surface area contributed by atoms with Crippen molar-refractivity contribution >= 4 is 5.97 Å². The standard InChI is InChI=1S/C26H27NO4/c1-27-14-13-26-18-9-10-20(28)25(26)31-24-21(11-8-17(23(24)26)15-19(18)27)30-22(29)12-7-16-5-3-2-4-6-16/h2-6,8-11,18-20,25,28H,7,12-15H2,1H3/t18-,19+,20-,25-,26-/m0/s1. The molecule has 1 fully saturated rings. The Morgan fingerprint density at radius 1 is 1.23 bits per heavy atom. The summed E-state index contributed by atoms with van der Waals surface area (Å²) in [6, 6.07) is 14.3. The van der Waals surface area contributed by atoms with E-state index in [0.717, 1.165) is 24.9 Å². The minimum Gasteiger partial charge on any atom is -0.482 e. The summed E-state index contributed by atoms with van der Waals surface area (Å²) < 4.78 is 12.2. The minimum atomic E-state index is -0.653. The predicted octanol–water partition coefficient (Wildman–Crippen LogP) is 3.03. The summed E-state index contributed by atoms with van der Waals surface area (Å²) in [7, 11) is 2.19. The maximum atomic E-state index is 12.6. The maximum absolute atomic E-state index is 12.6. The van der Waals surface area contributed by atoms with E-state index in [1.54, 1.807) is 0 Å². The first kappa shape index (κ1) is 19.1. The third-order valence-corrected chi connectivity index (χ3v) is 7.82. The van der Waals surface area contributed by atoms with Gasteiger partial charge in [0.25, 0.3) is 0 Å². The van der Waals surface area contributed by atoms with Crippen molar-refractivity contribution in [1.29, 1.82) is 0 Å². The van der Waals surface area contributed by atoms with Gasteiger partial charge in [0.1, 0.15) is 12.2 Å². The van der Waals surface area contributed by atoms with Crippen LogP contribution in [-0.2, 0) is 23.1 Å². The summed E-state index contributed by atoms with van der Waals surface area (Å²) in [5.74, 6) is 1.20. The van der Waals surface area contributed by atoms with Crippen LogP contribution in [0.2, 0.25) is 0 Å². The van der Waals surface area contributed by atoms with Crippen molar-refractivity contribution < 1.29 is 19.4 Å². The normalized spacial score (nSPS) is 32.3. The van der Waals surface area contributed by atoms with Gasteiger partial charge in [0.05, 0.1) is 0 Å². The molecule has 0 unspecified atom stereocenters. The van der Waals surface area contributed by atoms with Crippen LogP contribution in [0.4, 0.5) is 0 Å². The first-order valence-electron chi connectivity index (χ1n) is 11.2. The Balaban J connectivity index is 1.33. The average Bonchev–Trinajstić information content (AvgIpc) is 3.14. The summed E-state index contributed by atoms with van der Waals surface area (Å²) in [6.07, 6.45) is 5.95. The molecule has 4 aliphatic rings. The van der Waals surface area contributed by atoms with Gasteiger partial charge in [0.2, 0.25) is 0 Å². The molecule has 0 aromatic heterocycles. The molecule has 2 bridgehead atoms. The van der Waals surface area contributed by atoms with E-state index in [9.17, 15) is 9.90 Å². The van der Waals surface area contributed by atoms with Crippen LogP contribution >= 0.6 is 0 Å². The van der Waals surface area contributed by atoms with E-state index in [2.05, 4.69) is 24.1 Å². The van der Waals surface area contributed by atoms with Gasteiger partial charge in [-0.25, -0.2) is 0 Å². The molecule has 2 heterocycles. The van der Waals surface area contributed by atoms with E-state index < -0.39 is 6.10 Å². The number of aliphatic hydroxyl groups is 1. The number of nitrogens with zero attached hydrogens (tertiary/aromatic N) is 1. The largest absolute Gasteiger partial charge is 0.482 e. The summed E-state index contributed by atoms with van der Waals surface area (Å²) in [4.78, 5) is 15.1. The number of esters is 1. The van der Waals surface area contributed by atoms with E-state index in [-0.39, 0.29) is 17.5 Å². The second-order valence-corrected chi connectivity index (χ2v) is 9.37. The number of carbonyl (C=O) groups excluding carboxylic acids is 1. The number of hydrogen-bond acceptors (Lipinski definition) is 5. The highest BCUT2D eigenvalue weighted by Gasteiger charge is 2.64. The molecule has 0 saturated carbocycles. The first-order chi connectivity index (χ1) is 15.1. The Kier molecular flexibility index (Phi) is 4.27. The Bertz CT molecular complexity index is 1060. The van der Waals surface area contributed by atoms with Crippen LogP contribution in [-0.4, -0.2) is 47.8 Å². The lowest BCUT2D eigenvalue weighted by Crippen LogP contribution is -2.64. The number of likely N-dealkylation sites (N-methyl/N-ethyl adjacent to an activating group) is 1. The number of ether oxygens (including phenoxy) is 2. The number of piperidine rings is 1. The van der Waals surface area contributed by atoms with Gasteiger partial charge in [-0.1, -0.05) is 48.6 Å². The molecule has 31 heavy (non-hydrogen) atoms. The van der Waals surface area contributed by atoms with Crippen LogP contribution in [0.3, 0.4) is 0 Å². The molecule has 2 aliphatic carbocycles.